The number of carbonyl (C=O) groups excluding carboxylic acids is 1. The SMILES string of the molecule is CC1CCC(C)N(CCC(=O)NN)C1. The second kappa shape index (κ2) is 5.32. The number of nitrogens with one attached hydrogen (secondary N) is 1. The van der Waals surface area contributed by atoms with E-state index in [1.54, 1.807) is 0 Å². The van der Waals surface area contributed by atoms with Gasteiger partial charge < -0.3 is 0 Å². The highest BCUT2D eigenvalue weighted by Gasteiger charge is 2.22. The molecule has 0 radical (unpaired) electrons. The molecule has 2 unspecified atom stereocenters. The molecule has 82 valence electrons. The summed E-state index contributed by atoms with van der Waals surface area (Å²) in [5.41, 5.74) is 2.16. The zero-order chi connectivity index (χ0) is 10.6. The third-order valence-corrected chi connectivity index (χ3v) is 3.03. The van der Waals surface area contributed by atoms with Gasteiger partial charge in [-0.15, -0.1) is 0 Å². The maximum atomic E-state index is 11.0. The Labute approximate surface area is 85.8 Å². The first-order valence-electron chi connectivity index (χ1n) is 5.37. The van der Waals surface area contributed by atoms with Crippen molar-refractivity contribution in [2.45, 2.75) is 39.2 Å². The van der Waals surface area contributed by atoms with Crippen LogP contribution in [0.25, 0.3) is 0 Å². The molecule has 1 aliphatic heterocycles. The molecule has 0 aromatic rings. The van der Waals surface area contributed by atoms with Crippen molar-refractivity contribution in [1.82, 2.24) is 10.3 Å². The Hall–Kier alpha value is -0.610. The van der Waals surface area contributed by atoms with Gasteiger partial charge >= 0.3 is 0 Å². The number of nitrogens with two attached hydrogens (primary N) is 1. The highest BCUT2D eigenvalue weighted by atomic mass is 16.2. The van der Waals surface area contributed by atoms with E-state index in [1.807, 2.05) is 0 Å². The largest absolute Gasteiger partial charge is 0.300 e. The van der Waals surface area contributed by atoms with Crippen LogP contribution in [0.2, 0.25) is 0 Å². The zero-order valence-electron chi connectivity index (χ0n) is 9.12. The van der Waals surface area contributed by atoms with Gasteiger partial charge in [0, 0.05) is 25.6 Å². The van der Waals surface area contributed by atoms with Gasteiger partial charge in [0.05, 0.1) is 0 Å². The van der Waals surface area contributed by atoms with Crippen molar-refractivity contribution in [2.75, 3.05) is 13.1 Å². The quantitative estimate of drug-likeness (QED) is 0.395. The second-order valence-corrected chi connectivity index (χ2v) is 4.34. The number of carbonyl (C=O) groups is 1. The molecule has 1 heterocycles. The van der Waals surface area contributed by atoms with Gasteiger partial charge in [0.15, 0.2) is 0 Å². The van der Waals surface area contributed by atoms with E-state index in [1.165, 1.54) is 12.8 Å². The smallest absolute Gasteiger partial charge is 0.235 e. The molecule has 1 saturated heterocycles. The normalized spacial score (nSPS) is 28.8. The standard InChI is InChI=1S/C10H21N3O/c1-8-3-4-9(2)13(7-8)6-5-10(14)12-11/h8-9H,3-7,11H2,1-2H3,(H,12,14). The number of hydrazine groups is 1. The summed E-state index contributed by atoms with van der Waals surface area (Å²) >= 11 is 0. The molecule has 0 spiro atoms. The third-order valence-electron chi connectivity index (χ3n) is 3.03. The number of amides is 1. The van der Waals surface area contributed by atoms with Crippen LogP contribution in [0.1, 0.15) is 33.1 Å². The molecule has 4 heteroatoms. The van der Waals surface area contributed by atoms with Crippen LogP contribution in [0.5, 0.6) is 0 Å². The average molecular weight is 199 g/mol. The van der Waals surface area contributed by atoms with Crippen molar-refractivity contribution in [3.8, 4) is 0 Å². The number of hydrogen-bond acceptors (Lipinski definition) is 3. The molecule has 0 bridgehead atoms. The molecule has 0 aromatic carbocycles. The molecule has 0 aromatic heterocycles. The van der Waals surface area contributed by atoms with E-state index in [0.29, 0.717) is 12.5 Å². The minimum Gasteiger partial charge on any atom is -0.300 e. The molecule has 1 amide bonds. The van der Waals surface area contributed by atoms with E-state index < -0.39 is 0 Å². The molecule has 1 fully saturated rings. The lowest BCUT2D eigenvalue weighted by molar-refractivity contribution is -0.121. The maximum absolute atomic E-state index is 11.0. The van der Waals surface area contributed by atoms with Crippen molar-refractivity contribution in [3.05, 3.63) is 0 Å². The number of hydrogen-bond donors (Lipinski definition) is 2. The van der Waals surface area contributed by atoms with Gasteiger partial charge in [-0.25, -0.2) is 5.84 Å². The van der Waals surface area contributed by atoms with Gasteiger partial charge in [-0.2, -0.15) is 0 Å². The van der Waals surface area contributed by atoms with Crippen molar-refractivity contribution >= 4 is 5.91 Å². The number of piperidine rings is 1. The van der Waals surface area contributed by atoms with Crippen LogP contribution in [-0.4, -0.2) is 29.9 Å². The fourth-order valence-electron chi connectivity index (χ4n) is 2.01. The Balaban J connectivity index is 2.30. The first-order chi connectivity index (χ1) is 6.63. The minimum atomic E-state index is -0.0737. The van der Waals surface area contributed by atoms with Crippen LogP contribution in [0.4, 0.5) is 0 Å². The maximum Gasteiger partial charge on any atom is 0.235 e. The molecule has 3 N–H and O–H groups in total. The van der Waals surface area contributed by atoms with E-state index in [2.05, 4.69) is 24.2 Å². The van der Waals surface area contributed by atoms with E-state index >= 15 is 0 Å². The highest BCUT2D eigenvalue weighted by Crippen LogP contribution is 2.21. The Morgan fingerprint density at radius 2 is 2.21 bits per heavy atom. The van der Waals surface area contributed by atoms with Crippen LogP contribution >= 0.6 is 0 Å². The Kier molecular flexibility index (Phi) is 4.35. The predicted molar refractivity (Wildman–Crippen MR) is 56.4 cm³/mol. The van der Waals surface area contributed by atoms with Crippen LogP contribution < -0.4 is 11.3 Å². The Bertz CT molecular complexity index is 196. The highest BCUT2D eigenvalue weighted by molar-refractivity contribution is 5.75. The Morgan fingerprint density at radius 3 is 2.86 bits per heavy atom. The molecule has 1 aliphatic rings. The van der Waals surface area contributed by atoms with Gasteiger partial charge in [-0.1, -0.05) is 6.92 Å². The monoisotopic (exact) mass is 199 g/mol. The summed E-state index contributed by atoms with van der Waals surface area (Å²) in [5, 5.41) is 0. The van der Waals surface area contributed by atoms with Crippen molar-refractivity contribution in [2.24, 2.45) is 11.8 Å². The topological polar surface area (TPSA) is 58.4 Å². The van der Waals surface area contributed by atoms with Crippen LogP contribution in [0, 0.1) is 5.92 Å². The summed E-state index contributed by atoms with van der Waals surface area (Å²) in [4.78, 5) is 13.4. The molecule has 2 atom stereocenters. The van der Waals surface area contributed by atoms with Crippen LogP contribution in [0.15, 0.2) is 0 Å². The molecule has 1 rings (SSSR count). The van der Waals surface area contributed by atoms with Crippen molar-refractivity contribution in [3.63, 3.8) is 0 Å². The summed E-state index contributed by atoms with van der Waals surface area (Å²) in [7, 11) is 0. The summed E-state index contributed by atoms with van der Waals surface area (Å²) in [6, 6.07) is 0.608. The lowest BCUT2D eigenvalue weighted by Gasteiger charge is -2.36. The number of rotatable bonds is 3. The van der Waals surface area contributed by atoms with Gasteiger partial charge in [0.25, 0.3) is 0 Å². The third kappa shape index (κ3) is 3.27. The summed E-state index contributed by atoms with van der Waals surface area (Å²) in [6.45, 7) is 6.43. The number of likely N-dealkylation sites (tertiary alicyclic amines) is 1. The van der Waals surface area contributed by atoms with E-state index in [0.717, 1.165) is 19.0 Å². The van der Waals surface area contributed by atoms with Crippen molar-refractivity contribution in [1.29, 1.82) is 0 Å². The fraction of sp³-hybridized carbons (Fsp3) is 0.900. The molecular weight excluding hydrogens is 178 g/mol. The lowest BCUT2D eigenvalue weighted by Crippen LogP contribution is -2.43. The molecular formula is C10H21N3O. The lowest BCUT2D eigenvalue weighted by atomic mass is 9.95. The second-order valence-electron chi connectivity index (χ2n) is 4.34. The van der Waals surface area contributed by atoms with Gasteiger partial charge in [0.1, 0.15) is 0 Å². The first-order valence-corrected chi connectivity index (χ1v) is 5.37. The summed E-state index contributed by atoms with van der Waals surface area (Å²) in [6.07, 6.45) is 3.06. The molecule has 0 saturated carbocycles. The number of nitrogens with zero attached hydrogens (tertiary/aromatic N) is 1. The van der Waals surface area contributed by atoms with Gasteiger partial charge in [-0.3, -0.25) is 15.1 Å². The molecule has 0 aliphatic carbocycles. The van der Waals surface area contributed by atoms with E-state index in [9.17, 15) is 4.79 Å². The summed E-state index contributed by atoms with van der Waals surface area (Å²) in [5.74, 6) is 5.71. The molecule has 14 heavy (non-hydrogen) atoms. The van der Waals surface area contributed by atoms with Crippen LogP contribution in [0.3, 0.4) is 0 Å². The fourth-order valence-corrected chi connectivity index (χ4v) is 2.01. The minimum absolute atomic E-state index is 0.0737. The van der Waals surface area contributed by atoms with E-state index in [4.69, 9.17) is 5.84 Å². The van der Waals surface area contributed by atoms with Crippen LogP contribution in [-0.2, 0) is 4.79 Å². The van der Waals surface area contributed by atoms with E-state index in [-0.39, 0.29) is 5.91 Å². The predicted octanol–water partition coefficient (Wildman–Crippen LogP) is 0.487. The molecule has 4 nitrogen and oxygen atoms in total. The van der Waals surface area contributed by atoms with Gasteiger partial charge in [-0.05, 0) is 25.7 Å². The van der Waals surface area contributed by atoms with Crippen molar-refractivity contribution < 1.29 is 4.79 Å². The summed E-state index contributed by atoms with van der Waals surface area (Å²) < 4.78 is 0. The average Bonchev–Trinajstić information content (AvgIpc) is 2.19. The first kappa shape index (κ1) is 11.5. The van der Waals surface area contributed by atoms with Gasteiger partial charge in [0.2, 0.25) is 5.91 Å². The Morgan fingerprint density at radius 1 is 1.50 bits per heavy atom. The zero-order valence-corrected chi connectivity index (χ0v) is 9.12.